The average molecular weight is 444 g/mol. The summed E-state index contributed by atoms with van der Waals surface area (Å²) in [6, 6.07) is 12.7. The van der Waals surface area contributed by atoms with Gasteiger partial charge in [0.15, 0.2) is 5.78 Å². The molecule has 3 rings (SSSR count). The molecule has 0 radical (unpaired) electrons. The van der Waals surface area contributed by atoms with Crippen LogP contribution in [0.3, 0.4) is 0 Å². The molecule has 0 aromatic heterocycles. The molecule has 2 amide bonds. The van der Waals surface area contributed by atoms with Crippen molar-refractivity contribution >= 4 is 33.3 Å². The highest BCUT2D eigenvalue weighted by molar-refractivity contribution is 7.89. The minimum Gasteiger partial charge on any atom is -0.338 e. The van der Waals surface area contributed by atoms with E-state index >= 15 is 0 Å². The maximum Gasteiger partial charge on any atom is 0.243 e. The number of ketones is 1. The van der Waals surface area contributed by atoms with Crippen LogP contribution < -0.4 is 5.32 Å². The molecule has 8 nitrogen and oxygen atoms in total. The van der Waals surface area contributed by atoms with Gasteiger partial charge in [-0.2, -0.15) is 4.31 Å². The Hall–Kier alpha value is -3.04. The molecule has 0 atom stereocenters. The SMILES string of the molecule is CC(=O)c1ccc(S(=O)(=O)N(C)CC(=O)Nc2cccc(CN3CCCC3=O)c2)cc1. The fourth-order valence-electron chi connectivity index (χ4n) is 3.37. The monoisotopic (exact) mass is 443 g/mol. The van der Waals surface area contributed by atoms with E-state index in [1.165, 1.54) is 38.2 Å². The fraction of sp³-hybridized carbons (Fsp3) is 0.318. The molecule has 1 N–H and O–H groups in total. The number of sulfonamides is 1. The van der Waals surface area contributed by atoms with E-state index in [0.717, 1.165) is 22.8 Å². The van der Waals surface area contributed by atoms with Gasteiger partial charge in [-0.1, -0.05) is 24.3 Å². The van der Waals surface area contributed by atoms with Crippen molar-refractivity contribution in [1.82, 2.24) is 9.21 Å². The average Bonchev–Trinajstić information content (AvgIpc) is 3.12. The van der Waals surface area contributed by atoms with E-state index in [9.17, 15) is 22.8 Å². The van der Waals surface area contributed by atoms with Gasteiger partial charge in [-0.25, -0.2) is 8.42 Å². The number of hydrogen-bond acceptors (Lipinski definition) is 5. The van der Waals surface area contributed by atoms with Crippen LogP contribution in [0.2, 0.25) is 0 Å². The van der Waals surface area contributed by atoms with E-state index in [-0.39, 0.29) is 23.1 Å². The number of carbonyl (C=O) groups excluding carboxylic acids is 3. The molecule has 0 unspecified atom stereocenters. The van der Waals surface area contributed by atoms with Gasteiger partial charge in [0.25, 0.3) is 0 Å². The number of rotatable bonds is 8. The first-order valence-electron chi connectivity index (χ1n) is 9.91. The maximum atomic E-state index is 12.7. The van der Waals surface area contributed by atoms with Gasteiger partial charge in [-0.3, -0.25) is 14.4 Å². The molecule has 0 bridgehead atoms. The van der Waals surface area contributed by atoms with E-state index in [1.807, 2.05) is 6.07 Å². The van der Waals surface area contributed by atoms with Gasteiger partial charge in [0.2, 0.25) is 21.8 Å². The lowest BCUT2D eigenvalue weighted by Gasteiger charge is -2.18. The Morgan fingerprint density at radius 3 is 2.45 bits per heavy atom. The van der Waals surface area contributed by atoms with Gasteiger partial charge >= 0.3 is 0 Å². The lowest BCUT2D eigenvalue weighted by Crippen LogP contribution is -2.35. The van der Waals surface area contributed by atoms with Gasteiger partial charge in [0, 0.05) is 37.8 Å². The predicted octanol–water partition coefficient (Wildman–Crippen LogP) is 2.27. The van der Waals surface area contributed by atoms with Crippen LogP contribution in [0.25, 0.3) is 0 Å². The normalized spacial score (nSPS) is 14.2. The Morgan fingerprint density at radius 2 is 1.84 bits per heavy atom. The Balaban J connectivity index is 1.62. The number of amides is 2. The lowest BCUT2D eigenvalue weighted by molar-refractivity contribution is -0.128. The fourth-order valence-corrected chi connectivity index (χ4v) is 4.50. The highest BCUT2D eigenvalue weighted by Gasteiger charge is 2.23. The molecule has 0 spiro atoms. The predicted molar refractivity (Wildman–Crippen MR) is 116 cm³/mol. The van der Waals surface area contributed by atoms with E-state index in [1.54, 1.807) is 23.1 Å². The summed E-state index contributed by atoms with van der Waals surface area (Å²) in [7, 11) is -2.56. The van der Waals surface area contributed by atoms with Crippen LogP contribution in [-0.2, 0) is 26.2 Å². The summed E-state index contributed by atoms with van der Waals surface area (Å²) in [5, 5.41) is 2.70. The number of hydrogen-bond donors (Lipinski definition) is 1. The van der Waals surface area contributed by atoms with Gasteiger partial charge in [0.05, 0.1) is 11.4 Å². The molecular formula is C22H25N3O5S. The van der Waals surface area contributed by atoms with E-state index in [2.05, 4.69) is 5.32 Å². The number of benzene rings is 2. The summed E-state index contributed by atoms with van der Waals surface area (Å²) in [5.74, 6) is -0.522. The summed E-state index contributed by atoms with van der Waals surface area (Å²) in [6.07, 6.45) is 1.42. The van der Waals surface area contributed by atoms with E-state index in [0.29, 0.717) is 24.2 Å². The smallest absolute Gasteiger partial charge is 0.243 e. The van der Waals surface area contributed by atoms with Gasteiger partial charge in [0.1, 0.15) is 0 Å². The van der Waals surface area contributed by atoms with Crippen molar-refractivity contribution in [1.29, 1.82) is 0 Å². The summed E-state index contributed by atoms with van der Waals surface area (Å²) >= 11 is 0. The summed E-state index contributed by atoms with van der Waals surface area (Å²) in [6.45, 7) is 2.24. The number of likely N-dealkylation sites (tertiary alicyclic amines) is 1. The molecule has 0 saturated carbocycles. The number of likely N-dealkylation sites (N-methyl/N-ethyl adjacent to an activating group) is 1. The van der Waals surface area contributed by atoms with Crippen molar-refractivity contribution in [3.05, 3.63) is 59.7 Å². The lowest BCUT2D eigenvalue weighted by atomic mass is 10.2. The number of nitrogens with one attached hydrogen (secondary N) is 1. The topological polar surface area (TPSA) is 104 Å². The van der Waals surface area contributed by atoms with Crippen molar-refractivity contribution in [3.63, 3.8) is 0 Å². The first kappa shape index (κ1) is 22.6. The highest BCUT2D eigenvalue weighted by atomic mass is 32.2. The zero-order valence-corrected chi connectivity index (χ0v) is 18.3. The zero-order chi connectivity index (χ0) is 22.6. The summed E-state index contributed by atoms with van der Waals surface area (Å²) in [5.41, 5.74) is 1.83. The van der Waals surface area contributed by atoms with Crippen LogP contribution in [-0.4, -0.2) is 55.4 Å². The second-order valence-corrected chi connectivity index (χ2v) is 9.55. The van der Waals surface area contributed by atoms with Crippen molar-refractivity contribution in [2.75, 3.05) is 25.5 Å². The van der Waals surface area contributed by atoms with E-state index < -0.39 is 15.9 Å². The first-order valence-corrected chi connectivity index (χ1v) is 11.3. The second kappa shape index (κ2) is 9.40. The molecule has 2 aromatic rings. The van der Waals surface area contributed by atoms with Crippen molar-refractivity contribution < 1.29 is 22.8 Å². The quantitative estimate of drug-likeness (QED) is 0.631. The Kier molecular flexibility index (Phi) is 6.87. The molecule has 1 heterocycles. The summed E-state index contributed by atoms with van der Waals surface area (Å²) < 4.78 is 26.4. The largest absolute Gasteiger partial charge is 0.338 e. The third-order valence-corrected chi connectivity index (χ3v) is 6.91. The van der Waals surface area contributed by atoms with E-state index in [4.69, 9.17) is 0 Å². The second-order valence-electron chi connectivity index (χ2n) is 7.51. The number of nitrogens with zero attached hydrogens (tertiary/aromatic N) is 2. The maximum absolute atomic E-state index is 12.7. The molecule has 31 heavy (non-hydrogen) atoms. The minimum absolute atomic E-state index is 0.00470. The van der Waals surface area contributed by atoms with Crippen LogP contribution in [0.1, 0.15) is 35.7 Å². The number of Topliss-reactive ketones (excluding diaryl/α,β-unsaturated/α-hetero) is 1. The van der Waals surface area contributed by atoms with Crippen LogP contribution in [0.5, 0.6) is 0 Å². The Bertz CT molecular complexity index is 1100. The van der Waals surface area contributed by atoms with Gasteiger partial charge < -0.3 is 10.2 Å². The minimum atomic E-state index is -3.88. The third kappa shape index (κ3) is 5.56. The molecule has 1 fully saturated rings. The molecule has 164 valence electrons. The molecule has 1 aliphatic heterocycles. The number of carbonyl (C=O) groups is 3. The van der Waals surface area contributed by atoms with Crippen LogP contribution >= 0.6 is 0 Å². The van der Waals surface area contributed by atoms with Gasteiger partial charge in [-0.05, 0) is 43.2 Å². The first-order chi connectivity index (χ1) is 14.7. The standard InChI is InChI=1S/C22H25N3O5S/c1-16(26)18-8-10-20(11-9-18)31(29,30)24(2)15-21(27)23-19-6-3-5-17(13-19)14-25-12-4-7-22(25)28/h3,5-6,8-11,13H,4,7,12,14-15H2,1-2H3,(H,23,27). The third-order valence-electron chi connectivity index (χ3n) is 5.09. The molecular weight excluding hydrogens is 418 g/mol. The van der Waals surface area contributed by atoms with Crippen LogP contribution in [0.4, 0.5) is 5.69 Å². The van der Waals surface area contributed by atoms with Crippen LogP contribution in [0.15, 0.2) is 53.4 Å². The Labute approximate surface area is 181 Å². The molecule has 0 aliphatic carbocycles. The summed E-state index contributed by atoms with van der Waals surface area (Å²) in [4.78, 5) is 37.4. The molecule has 1 aliphatic rings. The highest BCUT2D eigenvalue weighted by Crippen LogP contribution is 2.18. The number of anilines is 1. The molecule has 9 heteroatoms. The van der Waals surface area contributed by atoms with Crippen molar-refractivity contribution in [2.24, 2.45) is 0 Å². The van der Waals surface area contributed by atoms with Crippen molar-refractivity contribution in [3.8, 4) is 0 Å². The van der Waals surface area contributed by atoms with Crippen molar-refractivity contribution in [2.45, 2.75) is 31.2 Å². The molecule has 2 aromatic carbocycles. The van der Waals surface area contributed by atoms with Gasteiger partial charge in [-0.15, -0.1) is 0 Å². The molecule has 1 saturated heterocycles. The zero-order valence-electron chi connectivity index (χ0n) is 17.5. The Morgan fingerprint density at radius 1 is 1.13 bits per heavy atom. The van der Waals surface area contributed by atoms with Crippen LogP contribution in [0, 0.1) is 0 Å².